The minimum absolute atomic E-state index is 0.884. The maximum Gasteiger partial charge on any atom is 0.130 e. The fourth-order valence-corrected chi connectivity index (χ4v) is 2.59. The van der Waals surface area contributed by atoms with Crippen molar-refractivity contribution in [1.29, 1.82) is 0 Å². The Morgan fingerprint density at radius 1 is 0.800 bits per heavy atom. The van der Waals surface area contributed by atoms with Gasteiger partial charge < -0.3 is 10.5 Å². The average Bonchev–Trinajstić information content (AvgIpc) is 2.97. The summed E-state index contributed by atoms with van der Waals surface area (Å²) in [5.74, 6) is 1.98. The molecule has 0 saturated carbocycles. The van der Waals surface area contributed by atoms with Crippen LogP contribution >= 0.6 is 11.3 Å². The summed E-state index contributed by atoms with van der Waals surface area (Å²) in [5.41, 5.74) is 7.84. The molecule has 2 heterocycles. The Bertz CT molecular complexity index is 604. The maximum absolute atomic E-state index is 5.78. The molecule has 4 rings (SSSR count). The minimum Gasteiger partial charge on any atom is -0.457 e. The Kier molecular flexibility index (Phi) is 3.70. The molecule has 0 aliphatic carbocycles. The Labute approximate surface area is 122 Å². The fraction of sp³-hybridized carbons (Fsp3) is 0.0588. The van der Waals surface area contributed by atoms with Gasteiger partial charge in [-0.3, -0.25) is 0 Å². The molecule has 1 aliphatic rings. The number of nitrogens with two attached hydrogens (primary N) is 1. The van der Waals surface area contributed by atoms with E-state index in [0.717, 1.165) is 22.9 Å². The average molecular weight is 281 g/mol. The number of hydrogen-bond acceptors (Lipinski definition) is 3. The number of para-hydroxylation sites is 2. The molecular weight excluding hydrogens is 266 g/mol. The Hall–Kier alpha value is -2.26. The Morgan fingerprint density at radius 2 is 1.40 bits per heavy atom. The van der Waals surface area contributed by atoms with Gasteiger partial charge in [0, 0.05) is 6.42 Å². The van der Waals surface area contributed by atoms with E-state index in [1.165, 1.54) is 11.1 Å². The van der Waals surface area contributed by atoms with Crippen LogP contribution in [0.5, 0.6) is 11.5 Å². The smallest absolute Gasteiger partial charge is 0.130 e. The van der Waals surface area contributed by atoms with Crippen molar-refractivity contribution >= 4 is 16.3 Å². The standard InChI is InChI=1S/C13H10O.C4H5NS/c1-3-7-12-10(5-1)9-11-6-2-4-8-13(11)14-12;5-4-2-1-3-6-4/h1-8H,9H2;1-3H,5H2. The van der Waals surface area contributed by atoms with Gasteiger partial charge in [-0.15, -0.1) is 11.3 Å². The highest BCUT2D eigenvalue weighted by molar-refractivity contribution is 7.13. The monoisotopic (exact) mass is 281 g/mol. The van der Waals surface area contributed by atoms with Crippen LogP contribution in [0.4, 0.5) is 5.00 Å². The largest absolute Gasteiger partial charge is 0.457 e. The zero-order chi connectivity index (χ0) is 13.8. The van der Waals surface area contributed by atoms with E-state index in [2.05, 4.69) is 24.3 Å². The number of anilines is 1. The van der Waals surface area contributed by atoms with Crippen molar-refractivity contribution in [2.24, 2.45) is 0 Å². The zero-order valence-corrected chi connectivity index (χ0v) is 11.8. The van der Waals surface area contributed by atoms with Crippen LogP contribution in [-0.4, -0.2) is 0 Å². The predicted octanol–water partition coefficient (Wildman–Crippen LogP) is 4.71. The third kappa shape index (κ3) is 2.83. The Morgan fingerprint density at radius 3 is 1.85 bits per heavy atom. The molecule has 20 heavy (non-hydrogen) atoms. The normalized spacial score (nSPS) is 11.4. The first kappa shape index (κ1) is 12.8. The number of benzene rings is 2. The highest BCUT2D eigenvalue weighted by Crippen LogP contribution is 2.35. The summed E-state index contributed by atoms with van der Waals surface area (Å²) in [4.78, 5) is 0. The minimum atomic E-state index is 0.884. The lowest BCUT2D eigenvalue weighted by molar-refractivity contribution is 0.460. The molecule has 2 nitrogen and oxygen atoms in total. The van der Waals surface area contributed by atoms with Crippen LogP contribution in [0.1, 0.15) is 11.1 Å². The molecular formula is C17H15NOS. The summed E-state index contributed by atoms with van der Waals surface area (Å²) < 4.78 is 5.78. The van der Waals surface area contributed by atoms with E-state index in [9.17, 15) is 0 Å². The summed E-state index contributed by atoms with van der Waals surface area (Å²) in [6.45, 7) is 0. The van der Waals surface area contributed by atoms with E-state index in [-0.39, 0.29) is 0 Å². The molecule has 0 amide bonds. The number of rotatable bonds is 0. The van der Waals surface area contributed by atoms with E-state index < -0.39 is 0 Å². The molecule has 0 fully saturated rings. The van der Waals surface area contributed by atoms with Gasteiger partial charge in [0.25, 0.3) is 0 Å². The summed E-state index contributed by atoms with van der Waals surface area (Å²) in [5, 5.41) is 2.84. The first-order valence-corrected chi connectivity index (χ1v) is 7.33. The quantitative estimate of drug-likeness (QED) is 0.506. The van der Waals surface area contributed by atoms with Crippen molar-refractivity contribution in [2.75, 3.05) is 5.73 Å². The van der Waals surface area contributed by atoms with Gasteiger partial charge in [-0.05, 0) is 40.8 Å². The van der Waals surface area contributed by atoms with Crippen LogP contribution in [0.3, 0.4) is 0 Å². The highest BCUT2D eigenvalue weighted by Gasteiger charge is 2.14. The van der Waals surface area contributed by atoms with E-state index >= 15 is 0 Å². The lowest BCUT2D eigenvalue weighted by Crippen LogP contribution is -2.01. The number of ether oxygens (including phenoxy) is 1. The second-order valence-electron chi connectivity index (χ2n) is 4.51. The van der Waals surface area contributed by atoms with Crippen LogP contribution in [-0.2, 0) is 6.42 Å². The maximum atomic E-state index is 5.78. The molecule has 2 N–H and O–H groups in total. The highest BCUT2D eigenvalue weighted by atomic mass is 32.1. The second-order valence-corrected chi connectivity index (χ2v) is 5.49. The van der Waals surface area contributed by atoms with Gasteiger partial charge in [0.15, 0.2) is 0 Å². The van der Waals surface area contributed by atoms with Crippen LogP contribution in [0.25, 0.3) is 0 Å². The van der Waals surface area contributed by atoms with Crippen molar-refractivity contribution in [3.05, 3.63) is 77.2 Å². The van der Waals surface area contributed by atoms with Crippen LogP contribution < -0.4 is 10.5 Å². The van der Waals surface area contributed by atoms with Crippen LogP contribution in [0, 0.1) is 0 Å². The first-order valence-electron chi connectivity index (χ1n) is 6.45. The topological polar surface area (TPSA) is 35.2 Å². The van der Waals surface area contributed by atoms with Crippen molar-refractivity contribution in [1.82, 2.24) is 0 Å². The van der Waals surface area contributed by atoms with Crippen molar-refractivity contribution in [3.63, 3.8) is 0 Å². The van der Waals surface area contributed by atoms with Gasteiger partial charge in [0.1, 0.15) is 11.5 Å². The lowest BCUT2D eigenvalue weighted by atomic mass is 10.0. The molecule has 0 unspecified atom stereocenters. The molecule has 0 bridgehead atoms. The summed E-state index contributed by atoms with van der Waals surface area (Å²) in [6.07, 6.45) is 0.979. The van der Waals surface area contributed by atoms with Gasteiger partial charge in [0.05, 0.1) is 5.00 Å². The molecule has 100 valence electrons. The lowest BCUT2D eigenvalue weighted by Gasteiger charge is -2.19. The molecule has 1 aromatic heterocycles. The molecule has 0 saturated heterocycles. The molecule has 3 aromatic rings. The summed E-state index contributed by atoms with van der Waals surface area (Å²) in [7, 11) is 0. The summed E-state index contributed by atoms with van der Waals surface area (Å²) >= 11 is 1.56. The molecule has 3 heteroatoms. The van der Waals surface area contributed by atoms with Gasteiger partial charge in [-0.1, -0.05) is 36.4 Å². The molecule has 0 spiro atoms. The SMILES string of the molecule is Nc1cccs1.c1ccc2c(c1)Cc1ccccc1O2. The Balaban J connectivity index is 0.000000170. The van der Waals surface area contributed by atoms with Gasteiger partial charge in [-0.25, -0.2) is 0 Å². The van der Waals surface area contributed by atoms with E-state index in [1.54, 1.807) is 11.3 Å². The van der Waals surface area contributed by atoms with Gasteiger partial charge in [0.2, 0.25) is 0 Å². The molecule has 2 aromatic carbocycles. The van der Waals surface area contributed by atoms with Gasteiger partial charge in [-0.2, -0.15) is 0 Å². The summed E-state index contributed by atoms with van der Waals surface area (Å²) in [6, 6.07) is 20.2. The number of thiophene rings is 1. The van der Waals surface area contributed by atoms with Crippen molar-refractivity contribution < 1.29 is 4.74 Å². The number of hydrogen-bond donors (Lipinski definition) is 1. The number of nitrogen functional groups attached to an aromatic ring is 1. The third-order valence-corrected chi connectivity index (χ3v) is 3.79. The first-order chi connectivity index (χ1) is 9.83. The van der Waals surface area contributed by atoms with E-state index in [0.29, 0.717) is 0 Å². The van der Waals surface area contributed by atoms with Crippen LogP contribution in [0.15, 0.2) is 66.0 Å². The fourth-order valence-electron chi connectivity index (χ4n) is 2.11. The third-order valence-electron chi connectivity index (χ3n) is 3.09. The molecule has 1 aliphatic heterocycles. The van der Waals surface area contributed by atoms with Crippen molar-refractivity contribution in [3.8, 4) is 11.5 Å². The zero-order valence-electron chi connectivity index (χ0n) is 11.0. The molecule has 0 radical (unpaired) electrons. The van der Waals surface area contributed by atoms with Crippen molar-refractivity contribution in [2.45, 2.75) is 6.42 Å². The van der Waals surface area contributed by atoms with Gasteiger partial charge >= 0.3 is 0 Å². The van der Waals surface area contributed by atoms with E-state index in [1.807, 2.05) is 41.8 Å². The van der Waals surface area contributed by atoms with Crippen LogP contribution in [0.2, 0.25) is 0 Å². The van der Waals surface area contributed by atoms with E-state index in [4.69, 9.17) is 10.5 Å². The number of fused-ring (bicyclic) bond motifs is 2. The predicted molar refractivity (Wildman–Crippen MR) is 84.5 cm³/mol. The molecule has 0 atom stereocenters. The second kappa shape index (κ2) is 5.80.